The van der Waals surface area contributed by atoms with Crippen LogP contribution in [0.2, 0.25) is 0 Å². The van der Waals surface area contributed by atoms with Crippen LogP contribution in [-0.4, -0.2) is 19.6 Å². The van der Waals surface area contributed by atoms with Crippen LogP contribution in [-0.2, 0) is 4.79 Å². The Labute approximate surface area is 93.6 Å². The first-order chi connectivity index (χ1) is 7.54. The van der Waals surface area contributed by atoms with Gasteiger partial charge in [-0.15, -0.1) is 0 Å². The number of hydrogen-bond donors (Lipinski definition) is 2. The summed E-state index contributed by atoms with van der Waals surface area (Å²) < 4.78 is 18.5. The molecule has 1 rings (SSSR count). The topological polar surface area (TPSA) is 64.3 Å². The average molecular weight is 226 g/mol. The molecule has 0 spiro atoms. The molecule has 1 atom stereocenters. The van der Waals surface area contributed by atoms with Gasteiger partial charge in [0.2, 0.25) is 0 Å². The third-order valence-electron chi connectivity index (χ3n) is 2.11. The van der Waals surface area contributed by atoms with Crippen LogP contribution in [0, 0.1) is 5.82 Å². The molecule has 1 aromatic rings. The molecule has 0 fully saturated rings. The Balaban J connectivity index is 2.70. The molecule has 0 radical (unpaired) electrons. The number of halogens is 1. The summed E-state index contributed by atoms with van der Waals surface area (Å²) >= 11 is 0. The Morgan fingerprint density at radius 1 is 1.62 bits per heavy atom. The van der Waals surface area contributed by atoms with Crippen molar-refractivity contribution < 1.29 is 13.9 Å². The smallest absolute Gasteiger partial charge is 0.257 e. The van der Waals surface area contributed by atoms with Gasteiger partial charge in [-0.2, -0.15) is 0 Å². The van der Waals surface area contributed by atoms with Gasteiger partial charge in [0, 0.05) is 24.7 Å². The van der Waals surface area contributed by atoms with Crippen LogP contribution in [0.15, 0.2) is 18.2 Å². The van der Waals surface area contributed by atoms with Crippen molar-refractivity contribution >= 4 is 5.91 Å². The van der Waals surface area contributed by atoms with Crippen LogP contribution >= 0.6 is 0 Å². The summed E-state index contributed by atoms with van der Waals surface area (Å²) in [6.45, 7) is 1.57. The first kappa shape index (κ1) is 12.4. The summed E-state index contributed by atoms with van der Waals surface area (Å²) in [5, 5.41) is 2.40. The summed E-state index contributed by atoms with van der Waals surface area (Å²) in [7, 11) is 1.51. The lowest BCUT2D eigenvalue weighted by Crippen LogP contribution is -2.24. The van der Waals surface area contributed by atoms with Gasteiger partial charge in [-0.25, -0.2) is 4.39 Å². The number of amides is 1. The summed E-state index contributed by atoms with van der Waals surface area (Å²) in [5.41, 5.74) is 5.99. The van der Waals surface area contributed by atoms with Gasteiger partial charge in [0.1, 0.15) is 11.6 Å². The van der Waals surface area contributed by atoms with E-state index in [9.17, 15) is 9.18 Å². The number of hydrogen-bond acceptors (Lipinski definition) is 3. The van der Waals surface area contributed by atoms with Gasteiger partial charge in [0.05, 0.1) is 0 Å². The number of benzene rings is 1. The van der Waals surface area contributed by atoms with E-state index in [4.69, 9.17) is 10.5 Å². The molecule has 0 heterocycles. The molecule has 0 bridgehead atoms. The van der Waals surface area contributed by atoms with Gasteiger partial charge in [-0.1, -0.05) is 6.07 Å². The second-order valence-electron chi connectivity index (χ2n) is 3.43. The van der Waals surface area contributed by atoms with Crippen molar-refractivity contribution in [3.05, 3.63) is 29.6 Å². The molecule has 0 saturated heterocycles. The zero-order valence-corrected chi connectivity index (χ0v) is 9.29. The third-order valence-corrected chi connectivity index (χ3v) is 2.11. The first-order valence-corrected chi connectivity index (χ1v) is 4.93. The van der Waals surface area contributed by atoms with E-state index in [1.165, 1.54) is 13.1 Å². The molecule has 16 heavy (non-hydrogen) atoms. The number of nitrogens with two attached hydrogens (primary N) is 1. The Hall–Kier alpha value is -1.62. The SMILES string of the molecule is CNC(=O)COc1ccc([C@@H](C)N)c(F)c1. The Bertz CT molecular complexity index is 380. The minimum Gasteiger partial charge on any atom is -0.484 e. The van der Waals surface area contributed by atoms with Crippen LogP contribution in [0.1, 0.15) is 18.5 Å². The van der Waals surface area contributed by atoms with Crippen LogP contribution in [0.4, 0.5) is 4.39 Å². The summed E-state index contributed by atoms with van der Waals surface area (Å²) in [6.07, 6.45) is 0. The maximum atomic E-state index is 13.4. The first-order valence-electron chi connectivity index (χ1n) is 4.93. The Kier molecular flexibility index (Phi) is 4.25. The predicted octanol–water partition coefficient (Wildman–Crippen LogP) is 0.970. The number of carbonyl (C=O) groups is 1. The van der Waals surface area contributed by atoms with Crippen molar-refractivity contribution in [2.45, 2.75) is 13.0 Å². The highest BCUT2D eigenvalue weighted by Gasteiger charge is 2.08. The second-order valence-corrected chi connectivity index (χ2v) is 3.43. The second kappa shape index (κ2) is 5.46. The molecule has 3 N–H and O–H groups in total. The van der Waals surface area contributed by atoms with Gasteiger partial charge in [-0.3, -0.25) is 4.79 Å². The highest BCUT2D eigenvalue weighted by Crippen LogP contribution is 2.20. The molecule has 0 saturated carbocycles. The lowest BCUT2D eigenvalue weighted by Gasteiger charge is -2.09. The van der Waals surface area contributed by atoms with Gasteiger partial charge < -0.3 is 15.8 Å². The monoisotopic (exact) mass is 226 g/mol. The lowest BCUT2D eigenvalue weighted by molar-refractivity contribution is -0.122. The average Bonchev–Trinajstić information content (AvgIpc) is 2.25. The molecule has 5 heteroatoms. The molecule has 1 amide bonds. The van der Waals surface area contributed by atoms with E-state index >= 15 is 0 Å². The summed E-state index contributed by atoms with van der Waals surface area (Å²) in [6, 6.07) is 4.00. The lowest BCUT2D eigenvalue weighted by atomic mass is 10.1. The minimum atomic E-state index is -0.426. The zero-order chi connectivity index (χ0) is 12.1. The van der Waals surface area contributed by atoms with E-state index in [1.54, 1.807) is 19.1 Å². The molecule has 0 aliphatic carbocycles. The fraction of sp³-hybridized carbons (Fsp3) is 0.364. The van der Waals surface area contributed by atoms with Gasteiger partial charge in [-0.05, 0) is 13.0 Å². The van der Waals surface area contributed by atoms with E-state index in [0.29, 0.717) is 11.3 Å². The van der Waals surface area contributed by atoms with Crippen molar-refractivity contribution in [2.24, 2.45) is 5.73 Å². The standard InChI is InChI=1S/C11H15FN2O2/c1-7(13)9-4-3-8(5-10(9)12)16-6-11(15)14-2/h3-5,7H,6,13H2,1-2H3,(H,14,15)/t7-/m1/s1. The van der Waals surface area contributed by atoms with Gasteiger partial charge in [0.25, 0.3) is 5.91 Å². The molecular formula is C11H15FN2O2. The van der Waals surface area contributed by atoms with E-state index in [2.05, 4.69) is 5.32 Å². The zero-order valence-electron chi connectivity index (χ0n) is 9.29. The molecule has 1 aromatic carbocycles. The highest BCUT2D eigenvalue weighted by molar-refractivity contribution is 5.77. The molecule has 0 aliphatic rings. The molecule has 0 unspecified atom stereocenters. The molecule has 0 aromatic heterocycles. The van der Waals surface area contributed by atoms with Gasteiger partial charge >= 0.3 is 0 Å². The Morgan fingerprint density at radius 3 is 2.81 bits per heavy atom. The van der Waals surface area contributed by atoms with Crippen LogP contribution in [0.3, 0.4) is 0 Å². The molecule has 0 aliphatic heterocycles. The van der Waals surface area contributed by atoms with Crippen LogP contribution in [0.5, 0.6) is 5.75 Å². The molecule has 4 nitrogen and oxygen atoms in total. The van der Waals surface area contributed by atoms with E-state index in [-0.39, 0.29) is 18.6 Å². The largest absolute Gasteiger partial charge is 0.484 e. The summed E-state index contributed by atoms with van der Waals surface area (Å²) in [5.74, 6) is -0.383. The number of rotatable bonds is 4. The number of ether oxygens (including phenoxy) is 1. The van der Waals surface area contributed by atoms with E-state index in [0.717, 1.165) is 0 Å². The predicted molar refractivity (Wildman–Crippen MR) is 58.6 cm³/mol. The fourth-order valence-electron chi connectivity index (χ4n) is 1.19. The van der Waals surface area contributed by atoms with Crippen molar-refractivity contribution in [1.29, 1.82) is 0 Å². The number of nitrogens with one attached hydrogen (secondary N) is 1. The van der Waals surface area contributed by atoms with Crippen molar-refractivity contribution in [3.8, 4) is 5.75 Å². The van der Waals surface area contributed by atoms with Crippen LogP contribution in [0.25, 0.3) is 0 Å². The van der Waals surface area contributed by atoms with Crippen molar-refractivity contribution in [1.82, 2.24) is 5.32 Å². The van der Waals surface area contributed by atoms with Crippen molar-refractivity contribution in [3.63, 3.8) is 0 Å². The van der Waals surface area contributed by atoms with Gasteiger partial charge in [0.15, 0.2) is 6.61 Å². The molecular weight excluding hydrogens is 211 g/mol. The number of carbonyl (C=O) groups excluding carboxylic acids is 1. The van der Waals surface area contributed by atoms with E-state index in [1.807, 2.05) is 0 Å². The summed E-state index contributed by atoms with van der Waals surface area (Å²) in [4.78, 5) is 10.9. The maximum Gasteiger partial charge on any atom is 0.257 e. The highest BCUT2D eigenvalue weighted by atomic mass is 19.1. The molecule has 88 valence electrons. The number of likely N-dealkylation sites (N-methyl/N-ethyl adjacent to an activating group) is 1. The van der Waals surface area contributed by atoms with E-state index < -0.39 is 5.82 Å². The van der Waals surface area contributed by atoms with Crippen molar-refractivity contribution in [2.75, 3.05) is 13.7 Å². The maximum absolute atomic E-state index is 13.4. The minimum absolute atomic E-state index is 0.131. The van der Waals surface area contributed by atoms with Crippen LogP contribution < -0.4 is 15.8 Å². The quantitative estimate of drug-likeness (QED) is 0.804. The Morgan fingerprint density at radius 2 is 2.31 bits per heavy atom. The third kappa shape index (κ3) is 3.20. The fourth-order valence-corrected chi connectivity index (χ4v) is 1.19. The normalized spacial score (nSPS) is 12.0.